The summed E-state index contributed by atoms with van der Waals surface area (Å²) >= 11 is 5.53. The first-order valence-electron chi connectivity index (χ1n) is 6.28. The molecule has 0 aliphatic carbocycles. The summed E-state index contributed by atoms with van der Waals surface area (Å²) in [4.78, 5) is 29.5. The van der Waals surface area contributed by atoms with Gasteiger partial charge in [0.1, 0.15) is 0 Å². The highest BCUT2D eigenvalue weighted by molar-refractivity contribution is 6.31. The van der Waals surface area contributed by atoms with Crippen LogP contribution in [0.3, 0.4) is 0 Å². The molecule has 124 valence electrons. The van der Waals surface area contributed by atoms with Crippen LogP contribution in [-0.2, 0) is 13.2 Å². The molecule has 0 amide bonds. The van der Waals surface area contributed by atoms with Gasteiger partial charge in [0.15, 0.2) is 0 Å². The van der Waals surface area contributed by atoms with Crippen molar-refractivity contribution in [1.29, 1.82) is 0 Å². The minimum atomic E-state index is -4.71. The molecule has 2 aromatic rings. The predicted octanol–water partition coefficient (Wildman–Crippen LogP) is 1.67. The number of hydrogen-bond donors (Lipinski definition) is 0. The van der Waals surface area contributed by atoms with Crippen LogP contribution in [0, 0.1) is 0 Å². The molecular formula is C13H12ClF3N4O2. The largest absolute Gasteiger partial charge is 0.417 e. The molecule has 0 fully saturated rings. The molecule has 2 rings (SSSR count). The van der Waals surface area contributed by atoms with Gasteiger partial charge in [0, 0.05) is 21.1 Å². The zero-order chi connectivity index (χ0) is 17.5. The Balaban J connectivity index is 2.77. The number of aromatic nitrogens is 3. The van der Waals surface area contributed by atoms with Crippen LogP contribution in [0.1, 0.15) is 5.56 Å². The highest BCUT2D eigenvalue weighted by Crippen LogP contribution is 2.35. The van der Waals surface area contributed by atoms with E-state index in [4.69, 9.17) is 11.6 Å². The van der Waals surface area contributed by atoms with Crippen molar-refractivity contribution in [3.63, 3.8) is 0 Å². The van der Waals surface area contributed by atoms with Gasteiger partial charge in [0.25, 0.3) is 0 Å². The van der Waals surface area contributed by atoms with E-state index >= 15 is 0 Å². The zero-order valence-corrected chi connectivity index (χ0v) is 13.1. The Bertz CT molecular complexity index is 871. The van der Waals surface area contributed by atoms with Gasteiger partial charge in [-0.15, -0.1) is 0 Å². The Kier molecular flexibility index (Phi) is 4.25. The first kappa shape index (κ1) is 17.1. The minimum absolute atomic E-state index is 0.0845. The van der Waals surface area contributed by atoms with Crippen molar-refractivity contribution in [1.82, 2.24) is 14.1 Å². The number of halogens is 4. The van der Waals surface area contributed by atoms with Gasteiger partial charge in [-0.2, -0.15) is 18.2 Å². The summed E-state index contributed by atoms with van der Waals surface area (Å²) in [6.45, 7) is 0. The summed E-state index contributed by atoms with van der Waals surface area (Å²) in [6.07, 6.45) is -4.71. The van der Waals surface area contributed by atoms with Crippen LogP contribution in [0.15, 0.2) is 27.8 Å². The molecule has 0 N–H and O–H groups in total. The van der Waals surface area contributed by atoms with E-state index < -0.39 is 28.1 Å². The average Bonchev–Trinajstić information content (AvgIpc) is 2.43. The number of alkyl halides is 3. The van der Waals surface area contributed by atoms with E-state index in [1.54, 1.807) is 14.1 Å². The van der Waals surface area contributed by atoms with Crippen molar-refractivity contribution in [2.75, 3.05) is 19.0 Å². The minimum Gasteiger partial charge on any atom is -0.348 e. The molecule has 0 saturated heterocycles. The van der Waals surface area contributed by atoms with E-state index in [1.165, 1.54) is 11.9 Å². The SMILES string of the molecule is CN(C)c1nc(=O)n(-c2ccc(Cl)c(C(F)(F)F)c2)c(=O)n1C. The Hall–Kier alpha value is -2.29. The Labute approximate surface area is 133 Å². The van der Waals surface area contributed by atoms with Crippen molar-refractivity contribution in [2.24, 2.45) is 7.05 Å². The number of anilines is 1. The van der Waals surface area contributed by atoms with Crippen LogP contribution in [0.4, 0.5) is 19.1 Å². The van der Waals surface area contributed by atoms with E-state index in [0.29, 0.717) is 10.6 Å². The van der Waals surface area contributed by atoms with Crippen LogP contribution in [-0.4, -0.2) is 28.2 Å². The zero-order valence-electron chi connectivity index (χ0n) is 12.3. The molecule has 23 heavy (non-hydrogen) atoms. The van der Waals surface area contributed by atoms with Gasteiger partial charge < -0.3 is 4.90 Å². The third kappa shape index (κ3) is 3.09. The maximum atomic E-state index is 12.9. The highest BCUT2D eigenvalue weighted by Gasteiger charge is 2.33. The molecule has 0 bridgehead atoms. The number of nitrogens with zero attached hydrogens (tertiary/aromatic N) is 4. The summed E-state index contributed by atoms with van der Waals surface area (Å²) in [5.41, 5.74) is -3.19. The van der Waals surface area contributed by atoms with Crippen molar-refractivity contribution in [3.05, 3.63) is 49.8 Å². The van der Waals surface area contributed by atoms with Crippen molar-refractivity contribution < 1.29 is 13.2 Å². The lowest BCUT2D eigenvalue weighted by atomic mass is 10.2. The van der Waals surface area contributed by atoms with Gasteiger partial charge in [0.05, 0.1) is 16.3 Å². The molecule has 0 radical (unpaired) electrons. The first-order chi connectivity index (χ1) is 10.5. The van der Waals surface area contributed by atoms with E-state index in [-0.39, 0.29) is 11.6 Å². The maximum Gasteiger partial charge on any atom is 0.417 e. The molecule has 0 aliphatic heterocycles. The monoisotopic (exact) mass is 348 g/mol. The smallest absolute Gasteiger partial charge is 0.348 e. The lowest BCUT2D eigenvalue weighted by Gasteiger charge is -2.16. The van der Waals surface area contributed by atoms with Gasteiger partial charge in [0.2, 0.25) is 5.95 Å². The summed E-state index contributed by atoms with van der Waals surface area (Å²) < 4.78 is 40.4. The molecule has 0 atom stereocenters. The molecule has 10 heteroatoms. The molecular weight excluding hydrogens is 337 g/mol. The third-order valence-electron chi connectivity index (χ3n) is 3.08. The standard InChI is InChI=1S/C13H12ClF3N4O2/c1-19(2)10-18-11(22)21(12(23)20(10)3)7-4-5-9(14)8(6-7)13(15,16)17/h4-6H,1-3H3. The normalized spacial score (nSPS) is 11.6. The van der Waals surface area contributed by atoms with Crippen LogP contribution in [0.5, 0.6) is 0 Å². The topological polar surface area (TPSA) is 60.1 Å². The summed E-state index contributed by atoms with van der Waals surface area (Å²) in [5, 5.41) is -0.524. The second-order valence-electron chi connectivity index (χ2n) is 4.93. The predicted molar refractivity (Wildman–Crippen MR) is 79.4 cm³/mol. The number of hydrogen-bond acceptors (Lipinski definition) is 4. The molecule has 0 aliphatic rings. The van der Waals surface area contributed by atoms with E-state index in [1.807, 2.05) is 0 Å². The second-order valence-corrected chi connectivity index (χ2v) is 5.33. The molecule has 0 unspecified atom stereocenters. The number of rotatable bonds is 2. The van der Waals surface area contributed by atoms with Gasteiger partial charge in [-0.3, -0.25) is 4.57 Å². The highest BCUT2D eigenvalue weighted by atomic mass is 35.5. The third-order valence-corrected chi connectivity index (χ3v) is 3.41. The molecule has 1 aromatic heterocycles. The van der Waals surface area contributed by atoms with E-state index in [2.05, 4.69) is 4.98 Å². The molecule has 1 aromatic carbocycles. The Morgan fingerprint density at radius 2 is 1.83 bits per heavy atom. The average molecular weight is 349 g/mol. The Morgan fingerprint density at radius 3 is 2.35 bits per heavy atom. The summed E-state index contributed by atoms with van der Waals surface area (Å²) in [5.74, 6) is 0.0845. The number of benzene rings is 1. The summed E-state index contributed by atoms with van der Waals surface area (Å²) in [7, 11) is 4.52. The van der Waals surface area contributed by atoms with Crippen molar-refractivity contribution in [2.45, 2.75) is 6.18 Å². The van der Waals surface area contributed by atoms with E-state index in [0.717, 1.165) is 16.7 Å². The maximum absolute atomic E-state index is 12.9. The fraction of sp³-hybridized carbons (Fsp3) is 0.308. The molecule has 0 saturated carbocycles. The van der Waals surface area contributed by atoms with Crippen molar-refractivity contribution >= 4 is 17.5 Å². The van der Waals surface area contributed by atoms with Crippen LogP contribution >= 0.6 is 11.6 Å². The van der Waals surface area contributed by atoms with E-state index in [9.17, 15) is 22.8 Å². The van der Waals surface area contributed by atoms with Crippen LogP contribution in [0.25, 0.3) is 5.69 Å². The second kappa shape index (κ2) is 5.73. The lowest BCUT2D eigenvalue weighted by Crippen LogP contribution is -2.42. The van der Waals surface area contributed by atoms with Crippen LogP contribution in [0.2, 0.25) is 5.02 Å². The van der Waals surface area contributed by atoms with Gasteiger partial charge in [-0.1, -0.05) is 11.6 Å². The quantitative estimate of drug-likeness (QED) is 0.828. The Morgan fingerprint density at radius 1 is 1.22 bits per heavy atom. The molecule has 6 nitrogen and oxygen atoms in total. The molecule has 0 spiro atoms. The molecule has 1 heterocycles. The lowest BCUT2D eigenvalue weighted by molar-refractivity contribution is -0.137. The van der Waals surface area contributed by atoms with Gasteiger partial charge >= 0.3 is 17.6 Å². The van der Waals surface area contributed by atoms with Gasteiger partial charge in [-0.25, -0.2) is 14.2 Å². The van der Waals surface area contributed by atoms with Gasteiger partial charge in [-0.05, 0) is 18.2 Å². The fourth-order valence-corrected chi connectivity index (χ4v) is 2.24. The summed E-state index contributed by atoms with van der Waals surface area (Å²) in [6, 6.07) is 2.77. The van der Waals surface area contributed by atoms with Crippen molar-refractivity contribution in [3.8, 4) is 5.69 Å². The first-order valence-corrected chi connectivity index (χ1v) is 6.66. The fourth-order valence-electron chi connectivity index (χ4n) is 2.02. The van der Waals surface area contributed by atoms with Crippen LogP contribution < -0.4 is 16.3 Å².